The third kappa shape index (κ3) is 51.6. The normalized spacial score (nSPS) is 10.3. The van der Waals surface area contributed by atoms with Crippen molar-refractivity contribution in [3.63, 3.8) is 0 Å². The van der Waals surface area contributed by atoms with Crippen molar-refractivity contribution in [3.05, 3.63) is 0 Å². The van der Waals surface area contributed by atoms with Gasteiger partial charge in [0.25, 0.3) is 0 Å². The molecule has 0 saturated carbocycles. The van der Waals surface area contributed by atoms with E-state index in [4.69, 9.17) is 0 Å². The first-order valence-corrected chi connectivity index (χ1v) is 9.45. The molecule has 1 rings (SSSR count). The Balaban J connectivity index is -0.00000000905. The van der Waals surface area contributed by atoms with Crippen LogP contribution in [0.3, 0.4) is 0 Å². The molecule has 1 heterocycles. The first kappa shape index (κ1) is 99.6. The molecule has 174 valence electrons. The Labute approximate surface area is 150 Å². The van der Waals surface area contributed by atoms with Gasteiger partial charge in [0.15, 0.2) is 0 Å². The van der Waals surface area contributed by atoms with Crippen LogP contribution in [-0.4, -0.2) is 117 Å². The Morgan fingerprint density at radius 1 is 0.760 bits per heavy atom. The van der Waals surface area contributed by atoms with Crippen LogP contribution in [0, 0.1) is 0 Å². The van der Waals surface area contributed by atoms with Crippen molar-refractivity contribution >= 4 is 43.5 Å². The molecule has 21 nitrogen and oxygen atoms in total. The molecule has 27 N–H and O–H groups in total. The molecule has 0 unspecified atom stereocenters. The maximum absolute atomic E-state index is 10.0. The minimum absolute atomic E-state index is 0. The Morgan fingerprint density at radius 3 is 1.08 bits per heavy atom. The Kier molecular flexibility index (Phi) is 156. The molecule has 0 bridgehead atoms. The van der Waals surface area contributed by atoms with E-state index in [1.807, 2.05) is 0 Å². The van der Waals surface area contributed by atoms with Gasteiger partial charge in [-0.1, -0.05) is 0 Å². The molecule has 0 spiro atoms. The average Bonchev–Trinajstić information content (AvgIpc) is 1.84. The van der Waals surface area contributed by atoms with E-state index in [-0.39, 0.29) is 65.7 Å². The number of hydrogen-bond donors (Lipinski definition) is 1. The van der Waals surface area contributed by atoms with E-state index in [0.717, 1.165) is 0 Å². The van der Waals surface area contributed by atoms with E-state index >= 15 is 0 Å². The Bertz CT molecular complexity index is 336. The predicted molar refractivity (Wildman–Crippen MR) is 79.8 cm³/mol. The summed E-state index contributed by atoms with van der Waals surface area (Å²) in [6.45, 7) is 0. The standard InChI is InChI=1S/CH5N.In.2H2O4S.12H2O/c1-2;;2*1-5(2,3)4;;;;;;;;;;;;/h2H2,1H3;;2*(H2,1,2,3,4);12*1H2/q;+3;;;;;;;;;;;;;;/p-3. The third-order valence-corrected chi connectivity index (χ3v) is 11.9. The van der Waals surface area contributed by atoms with Crippen LogP contribution >= 0.6 is 0 Å². The van der Waals surface area contributed by atoms with Gasteiger partial charge in [0.2, 0.25) is 0 Å². The summed E-state index contributed by atoms with van der Waals surface area (Å²) < 4.78 is 60.7. The zero-order valence-electron chi connectivity index (χ0n) is 12.4. The molecular formula is CH30InNO20S2. The van der Waals surface area contributed by atoms with E-state index in [1.54, 1.807) is 7.05 Å². The molecule has 1 aliphatic heterocycles. The molecule has 1 saturated heterocycles. The minimum atomic E-state index is -4.91. The molecule has 1 fully saturated rings. The zero-order valence-corrected chi connectivity index (χ0v) is 17.3. The van der Waals surface area contributed by atoms with Crippen LogP contribution in [-0.2, 0) is 27.7 Å². The second-order valence-electron chi connectivity index (χ2n) is 1.39. The Morgan fingerprint density at radius 2 is 0.960 bits per heavy atom. The summed E-state index contributed by atoms with van der Waals surface area (Å²) in [5.74, 6) is 0. The van der Waals surface area contributed by atoms with Crippen molar-refractivity contribution in [3.8, 4) is 0 Å². The van der Waals surface area contributed by atoms with Gasteiger partial charge in [-0.05, 0) is 0 Å². The van der Waals surface area contributed by atoms with Crippen molar-refractivity contribution in [2.24, 2.45) is 0 Å². The van der Waals surface area contributed by atoms with Gasteiger partial charge >= 0.3 is 71.8 Å². The van der Waals surface area contributed by atoms with Gasteiger partial charge in [0, 0.05) is 0 Å². The summed E-state index contributed by atoms with van der Waals surface area (Å²) in [7, 11) is -7.19. The second kappa shape index (κ2) is 39.2. The summed E-state index contributed by atoms with van der Waals surface area (Å²) >= 11 is -3.89. The average molecular weight is 555 g/mol. The summed E-state index contributed by atoms with van der Waals surface area (Å²) in [5.41, 5.74) is 3.25. The predicted octanol–water partition coefficient (Wildman–Crippen LogP) is -13.3. The van der Waals surface area contributed by atoms with Crippen LogP contribution < -0.4 is 5.73 Å². The van der Waals surface area contributed by atoms with Crippen molar-refractivity contribution in [2.75, 3.05) is 7.05 Å². The van der Waals surface area contributed by atoms with E-state index in [1.165, 1.54) is 0 Å². The van der Waals surface area contributed by atoms with Crippen LogP contribution in [0.5, 0.6) is 0 Å². The van der Waals surface area contributed by atoms with Gasteiger partial charge in [-0.3, -0.25) is 0 Å². The van der Waals surface area contributed by atoms with Crippen LogP contribution in [0.2, 0.25) is 0 Å². The van der Waals surface area contributed by atoms with Gasteiger partial charge in [-0.25, -0.2) is 0 Å². The summed E-state index contributed by atoms with van der Waals surface area (Å²) in [6, 6.07) is 0. The van der Waals surface area contributed by atoms with Crippen molar-refractivity contribution < 1.29 is 99.7 Å². The fourth-order valence-electron chi connectivity index (χ4n) is 0.328. The molecule has 1 aliphatic rings. The molecule has 0 atom stereocenters. The van der Waals surface area contributed by atoms with Gasteiger partial charge in [0.05, 0.1) is 7.05 Å². The summed E-state index contributed by atoms with van der Waals surface area (Å²) in [5, 5.41) is 0. The molecule has 0 aliphatic carbocycles. The summed E-state index contributed by atoms with van der Waals surface area (Å²) in [4.78, 5) is 0. The van der Waals surface area contributed by atoms with E-state index in [2.05, 4.69) is 12.6 Å². The SMILES string of the molecule is C[NH3+].O.O.O.O.O.O.O.O.O.O.O.O.O=S(=O)([O-])[O][In]1[O]S(=O)(=O)[O]1. The molecule has 0 aromatic heterocycles. The van der Waals surface area contributed by atoms with E-state index < -0.39 is 43.5 Å². The van der Waals surface area contributed by atoms with Gasteiger partial charge in [-0.15, -0.1) is 0 Å². The zero-order chi connectivity index (χ0) is 10.7. The van der Waals surface area contributed by atoms with Gasteiger partial charge in [-0.2, -0.15) is 0 Å². The molecule has 0 aromatic rings. The van der Waals surface area contributed by atoms with Crippen molar-refractivity contribution in [2.45, 2.75) is 0 Å². The molecule has 0 aromatic carbocycles. The van der Waals surface area contributed by atoms with Crippen LogP contribution in [0.15, 0.2) is 0 Å². The second-order valence-corrected chi connectivity index (χ2v) is 10.2. The van der Waals surface area contributed by atoms with Crippen molar-refractivity contribution in [1.82, 2.24) is 0 Å². The topological polar surface area (TPSA) is 525 Å². The third-order valence-electron chi connectivity index (χ3n) is 0.589. The van der Waals surface area contributed by atoms with Gasteiger partial charge in [0.1, 0.15) is 0 Å². The number of hydrogen-bond acceptors (Lipinski definition) is 8. The monoisotopic (exact) mass is 555 g/mol. The first-order valence-electron chi connectivity index (χ1n) is 2.75. The molecule has 0 amide bonds. The molecule has 0 radical (unpaired) electrons. The summed E-state index contributed by atoms with van der Waals surface area (Å²) in [6.07, 6.45) is 0. The number of rotatable bonds is 2. The van der Waals surface area contributed by atoms with Crippen LogP contribution in [0.4, 0.5) is 0 Å². The fraction of sp³-hybridized carbons (Fsp3) is 1.00. The molecule has 24 heteroatoms. The quantitative estimate of drug-likeness (QED) is 0.251. The van der Waals surface area contributed by atoms with E-state index in [0.29, 0.717) is 0 Å². The van der Waals surface area contributed by atoms with E-state index in [9.17, 15) is 21.4 Å². The Hall–Kier alpha value is 0.0901. The van der Waals surface area contributed by atoms with Gasteiger partial charge < -0.3 is 71.4 Å². The van der Waals surface area contributed by atoms with Crippen LogP contribution in [0.1, 0.15) is 0 Å². The molecular weight excluding hydrogens is 525 g/mol. The van der Waals surface area contributed by atoms with Crippen LogP contribution in [0.25, 0.3) is 0 Å². The number of quaternary nitrogens is 1. The first-order chi connectivity index (χ1) is 5.79. The fourth-order valence-corrected chi connectivity index (χ4v) is 7.89. The maximum atomic E-state index is 10.0. The van der Waals surface area contributed by atoms with Crippen molar-refractivity contribution in [1.29, 1.82) is 0 Å². The molecule has 25 heavy (non-hydrogen) atoms.